The number of aliphatic hydroxyl groups excluding tert-OH is 1. The molecule has 14 heteroatoms. The average Bonchev–Trinajstić information content (AvgIpc) is 3.51. The summed E-state index contributed by atoms with van der Waals surface area (Å²) < 4.78 is 26.5. The largest absolute Gasteiger partial charge is 0.446 e. The second-order valence-corrected chi connectivity index (χ2v) is 8.49. The molecule has 0 aliphatic carbocycles. The highest BCUT2D eigenvalue weighted by Crippen LogP contribution is 2.29. The fourth-order valence-electron chi connectivity index (χ4n) is 3.87. The first-order valence-corrected chi connectivity index (χ1v) is 11.7. The smallest absolute Gasteiger partial charge is 0.414 e. The number of rotatable bonds is 6. The van der Waals surface area contributed by atoms with Crippen molar-refractivity contribution in [3.63, 3.8) is 0 Å². The summed E-state index contributed by atoms with van der Waals surface area (Å²) in [5.41, 5.74) is 1.80. The maximum Gasteiger partial charge on any atom is 0.414 e. The van der Waals surface area contributed by atoms with Crippen molar-refractivity contribution in [3.8, 4) is 17.1 Å². The molecule has 1 fully saturated rings. The fourth-order valence-corrected chi connectivity index (χ4v) is 3.87. The van der Waals surface area contributed by atoms with E-state index in [1.165, 1.54) is 36.5 Å². The Morgan fingerprint density at radius 2 is 2.16 bits per heavy atom. The van der Waals surface area contributed by atoms with Crippen LogP contribution in [0, 0.1) is 15.9 Å². The Bertz CT molecular complexity index is 1320. The molecule has 1 saturated heterocycles. The summed E-state index contributed by atoms with van der Waals surface area (Å²) in [6.07, 6.45) is 4.21. The quantitative estimate of drug-likeness (QED) is 0.361. The molecule has 1 atom stereocenters. The van der Waals surface area contributed by atoms with Gasteiger partial charge in [-0.1, -0.05) is 0 Å². The molecule has 0 radical (unpaired) electrons. The topological polar surface area (TPSA) is 162 Å². The highest BCUT2D eigenvalue weighted by molar-refractivity contribution is 5.90. The van der Waals surface area contributed by atoms with Crippen LogP contribution in [0.3, 0.4) is 0 Å². The Morgan fingerprint density at radius 3 is 2.84 bits per heavy atom. The van der Waals surface area contributed by atoms with E-state index in [1.54, 1.807) is 22.8 Å². The zero-order valence-corrected chi connectivity index (χ0v) is 20.4. The number of anilines is 1. The van der Waals surface area contributed by atoms with E-state index in [1.807, 2.05) is 0 Å². The average molecular weight is 528 g/mol. The molecule has 2 N–H and O–H groups in total. The van der Waals surface area contributed by atoms with E-state index in [9.17, 15) is 29.2 Å². The minimum atomic E-state index is -0.587. The number of imidazole rings is 1. The standard InChI is InChI=1S/C18H18FN3O4.C6H7N3O3/c1-11(24)21-8-15-9-22(18(25)26-15)14-2-3-16(17(19)5-14)13-4-12(10-23)6-20-7-13;10-9(11)5-4-8-2-1-3-12-6(8)7-5/h2-7,15,23H,8-10H2,1H3,(H,21,24);4H,1-3H2. The van der Waals surface area contributed by atoms with Crippen molar-refractivity contribution in [3.05, 3.63) is 64.4 Å². The van der Waals surface area contributed by atoms with E-state index in [0.717, 1.165) is 13.0 Å². The first-order chi connectivity index (χ1) is 18.2. The second kappa shape index (κ2) is 11.6. The number of ether oxygens (including phenoxy) is 2. The van der Waals surface area contributed by atoms with Gasteiger partial charge in [-0.15, -0.1) is 0 Å². The van der Waals surface area contributed by atoms with Crippen LogP contribution in [0.15, 0.2) is 42.9 Å². The molecule has 1 aromatic carbocycles. The van der Waals surface area contributed by atoms with Crippen LogP contribution in [0.1, 0.15) is 18.9 Å². The van der Waals surface area contributed by atoms with E-state index in [0.29, 0.717) is 35.0 Å². The van der Waals surface area contributed by atoms with Crippen LogP contribution in [0.5, 0.6) is 6.01 Å². The monoisotopic (exact) mass is 528 g/mol. The number of hydrogen-bond donors (Lipinski definition) is 2. The summed E-state index contributed by atoms with van der Waals surface area (Å²) in [5.74, 6) is -0.877. The minimum Gasteiger partial charge on any atom is -0.446 e. The summed E-state index contributed by atoms with van der Waals surface area (Å²) in [5, 5.41) is 22.1. The van der Waals surface area contributed by atoms with Crippen molar-refractivity contribution >= 4 is 23.5 Å². The van der Waals surface area contributed by atoms with E-state index in [4.69, 9.17) is 9.47 Å². The van der Waals surface area contributed by atoms with Crippen LogP contribution in [0.2, 0.25) is 0 Å². The van der Waals surface area contributed by atoms with Gasteiger partial charge in [-0.2, -0.15) is 0 Å². The number of hydrogen-bond acceptors (Lipinski definition) is 9. The van der Waals surface area contributed by atoms with Crippen molar-refractivity contribution in [2.24, 2.45) is 0 Å². The van der Waals surface area contributed by atoms with Crippen molar-refractivity contribution < 1.29 is 33.5 Å². The molecule has 4 heterocycles. The summed E-state index contributed by atoms with van der Waals surface area (Å²) in [4.78, 5) is 41.7. The molecule has 0 saturated carbocycles. The van der Waals surface area contributed by atoms with Gasteiger partial charge in [-0.05, 0) is 41.2 Å². The number of fused-ring (bicyclic) bond motifs is 1. The number of nitrogens with one attached hydrogen (secondary N) is 1. The first-order valence-electron chi connectivity index (χ1n) is 11.7. The van der Waals surface area contributed by atoms with E-state index >= 15 is 0 Å². The molecular formula is C24H25FN6O7. The van der Waals surface area contributed by atoms with Gasteiger partial charge in [0.05, 0.1) is 32.0 Å². The number of benzene rings is 1. The van der Waals surface area contributed by atoms with Crippen LogP contribution < -0.4 is 15.0 Å². The summed E-state index contributed by atoms with van der Waals surface area (Å²) >= 11 is 0. The number of cyclic esters (lactones) is 1. The molecule has 2 amide bonds. The van der Waals surface area contributed by atoms with Crippen molar-refractivity contribution in [1.29, 1.82) is 0 Å². The highest BCUT2D eigenvalue weighted by Gasteiger charge is 2.32. The van der Waals surface area contributed by atoms with Crippen molar-refractivity contribution in [2.75, 3.05) is 24.6 Å². The SMILES string of the molecule is CC(=O)NCC1CN(c2ccc(-c3cncc(CO)c3)c(F)c2)C(=O)O1.O=[N+]([O-])c1cn2c(n1)OCCC2. The van der Waals surface area contributed by atoms with Crippen molar-refractivity contribution in [2.45, 2.75) is 32.6 Å². The Balaban J connectivity index is 0.000000232. The maximum atomic E-state index is 14.6. The van der Waals surface area contributed by atoms with Crippen molar-refractivity contribution in [1.82, 2.24) is 19.9 Å². The lowest BCUT2D eigenvalue weighted by molar-refractivity contribution is -0.389. The number of carbonyl (C=O) groups is 2. The lowest BCUT2D eigenvalue weighted by Crippen LogP contribution is -2.33. The van der Waals surface area contributed by atoms with Gasteiger partial charge in [0, 0.05) is 42.0 Å². The normalized spacial score (nSPS) is 16.0. The van der Waals surface area contributed by atoms with Crippen LogP contribution in [0.25, 0.3) is 11.1 Å². The zero-order valence-electron chi connectivity index (χ0n) is 20.4. The van der Waals surface area contributed by atoms with Gasteiger partial charge in [0.25, 0.3) is 0 Å². The number of nitro groups is 1. The predicted molar refractivity (Wildman–Crippen MR) is 131 cm³/mol. The third-order valence-electron chi connectivity index (χ3n) is 5.69. The van der Waals surface area contributed by atoms with Crippen LogP contribution in [0.4, 0.5) is 20.7 Å². The van der Waals surface area contributed by atoms with Crippen LogP contribution >= 0.6 is 0 Å². The van der Waals surface area contributed by atoms with Crippen LogP contribution in [-0.4, -0.2) is 62.4 Å². The van der Waals surface area contributed by atoms with Gasteiger partial charge in [-0.3, -0.25) is 19.2 Å². The summed E-state index contributed by atoms with van der Waals surface area (Å²) in [6, 6.07) is 6.43. The number of aromatic nitrogens is 3. The first kappa shape index (κ1) is 26.5. The molecule has 200 valence electrons. The highest BCUT2D eigenvalue weighted by atomic mass is 19.1. The number of carbonyl (C=O) groups excluding carboxylic acids is 2. The lowest BCUT2D eigenvalue weighted by atomic mass is 10.0. The van der Waals surface area contributed by atoms with Crippen LogP contribution in [-0.2, 0) is 22.7 Å². The zero-order chi connectivity index (χ0) is 27.2. The van der Waals surface area contributed by atoms with Gasteiger partial charge >= 0.3 is 17.9 Å². The Hall–Kier alpha value is -4.59. The molecule has 2 aliphatic heterocycles. The summed E-state index contributed by atoms with van der Waals surface area (Å²) in [7, 11) is 0. The molecule has 2 aliphatic rings. The van der Waals surface area contributed by atoms with Gasteiger partial charge in [0.2, 0.25) is 5.91 Å². The van der Waals surface area contributed by atoms with E-state index in [-0.39, 0.29) is 31.4 Å². The van der Waals surface area contributed by atoms with Gasteiger partial charge in [-0.25, -0.2) is 9.18 Å². The van der Waals surface area contributed by atoms with E-state index in [2.05, 4.69) is 15.3 Å². The maximum absolute atomic E-state index is 14.6. The molecule has 13 nitrogen and oxygen atoms in total. The molecule has 3 aromatic rings. The Morgan fingerprint density at radius 1 is 1.34 bits per heavy atom. The number of halogens is 1. The predicted octanol–water partition coefficient (Wildman–Crippen LogP) is 2.42. The summed E-state index contributed by atoms with van der Waals surface area (Å²) in [6.45, 7) is 2.96. The molecule has 0 bridgehead atoms. The third kappa shape index (κ3) is 6.21. The molecule has 1 unspecified atom stereocenters. The lowest BCUT2D eigenvalue weighted by Gasteiger charge is -2.14. The number of aliphatic hydroxyl groups is 1. The van der Waals surface area contributed by atoms with Gasteiger partial charge in [0.15, 0.2) is 0 Å². The number of nitrogens with zero attached hydrogens (tertiary/aromatic N) is 5. The Kier molecular flexibility index (Phi) is 8.11. The second-order valence-electron chi connectivity index (χ2n) is 8.49. The molecular weight excluding hydrogens is 503 g/mol. The van der Waals surface area contributed by atoms with E-state index < -0.39 is 22.9 Å². The number of pyridine rings is 1. The Labute approximate surface area is 216 Å². The molecule has 38 heavy (non-hydrogen) atoms. The number of aryl methyl sites for hydroxylation is 1. The number of amides is 2. The van der Waals surface area contributed by atoms with Gasteiger partial charge < -0.3 is 30.0 Å². The third-order valence-corrected chi connectivity index (χ3v) is 5.69. The molecule has 5 rings (SSSR count). The minimum absolute atomic E-state index is 0.146. The van der Waals surface area contributed by atoms with Gasteiger partial charge in [0.1, 0.15) is 18.1 Å². The molecule has 0 spiro atoms. The molecule has 2 aromatic heterocycles. The fraction of sp³-hybridized carbons (Fsp3) is 0.333.